The first-order valence-corrected chi connectivity index (χ1v) is 11.3. The molecule has 30 heavy (non-hydrogen) atoms. The van der Waals surface area contributed by atoms with Crippen LogP contribution < -0.4 is 10.1 Å². The minimum absolute atomic E-state index is 0.229. The Hall–Kier alpha value is -2.59. The highest BCUT2D eigenvalue weighted by Crippen LogP contribution is 2.71. The first kappa shape index (κ1) is 18.2. The Morgan fingerprint density at radius 2 is 2.07 bits per heavy atom. The zero-order valence-electron chi connectivity index (χ0n) is 17.7. The SMILES string of the molecule is CCC1C2CCN3C([C@@H](Nc4ccccc4)c4ccnc5ccc(OC)cc45)CC123. The molecule has 2 saturated heterocycles. The van der Waals surface area contributed by atoms with Crippen LogP contribution in [0.5, 0.6) is 5.75 Å². The van der Waals surface area contributed by atoms with Crippen LogP contribution in [0.2, 0.25) is 0 Å². The summed E-state index contributed by atoms with van der Waals surface area (Å²) in [5.41, 5.74) is 4.03. The van der Waals surface area contributed by atoms with Crippen molar-refractivity contribution in [2.24, 2.45) is 11.8 Å². The Morgan fingerprint density at radius 1 is 1.20 bits per heavy atom. The van der Waals surface area contributed by atoms with Gasteiger partial charge in [0, 0.05) is 28.9 Å². The summed E-state index contributed by atoms with van der Waals surface area (Å²) >= 11 is 0. The van der Waals surface area contributed by atoms with E-state index in [2.05, 4.69) is 70.7 Å². The number of fused-ring (bicyclic) bond motifs is 1. The van der Waals surface area contributed by atoms with Crippen molar-refractivity contribution in [2.75, 3.05) is 19.0 Å². The van der Waals surface area contributed by atoms with E-state index in [1.807, 2.05) is 12.3 Å². The van der Waals surface area contributed by atoms with Crippen molar-refractivity contribution in [2.45, 2.75) is 43.8 Å². The Labute approximate surface area is 178 Å². The quantitative estimate of drug-likeness (QED) is 0.613. The molecule has 1 aromatic heterocycles. The number of anilines is 1. The number of ether oxygens (including phenoxy) is 1. The molecule has 6 rings (SSSR count). The van der Waals surface area contributed by atoms with Crippen molar-refractivity contribution in [3.63, 3.8) is 0 Å². The molecule has 3 fully saturated rings. The van der Waals surface area contributed by atoms with Crippen molar-refractivity contribution >= 4 is 16.6 Å². The van der Waals surface area contributed by atoms with E-state index in [0.717, 1.165) is 23.1 Å². The van der Waals surface area contributed by atoms with E-state index in [0.29, 0.717) is 11.6 Å². The molecule has 1 N–H and O–H groups in total. The van der Waals surface area contributed by atoms with Gasteiger partial charge in [-0.05, 0) is 73.2 Å². The predicted octanol–water partition coefficient (Wildman–Crippen LogP) is 5.27. The maximum Gasteiger partial charge on any atom is 0.119 e. The van der Waals surface area contributed by atoms with E-state index >= 15 is 0 Å². The third-order valence-corrected chi connectivity index (χ3v) is 8.05. The van der Waals surface area contributed by atoms with Gasteiger partial charge < -0.3 is 10.1 Å². The lowest BCUT2D eigenvalue weighted by Gasteiger charge is -2.52. The Balaban J connectivity index is 1.42. The van der Waals surface area contributed by atoms with Crippen LogP contribution >= 0.6 is 0 Å². The molecule has 1 saturated carbocycles. The molecule has 2 aliphatic heterocycles. The molecule has 5 atom stereocenters. The lowest BCUT2D eigenvalue weighted by Crippen LogP contribution is -2.61. The second-order valence-corrected chi connectivity index (χ2v) is 9.14. The van der Waals surface area contributed by atoms with Gasteiger partial charge in [-0.3, -0.25) is 9.88 Å². The van der Waals surface area contributed by atoms with E-state index in [1.54, 1.807) is 7.11 Å². The summed E-state index contributed by atoms with van der Waals surface area (Å²) < 4.78 is 5.54. The third kappa shape index (κ3) is 2.46. The Bertz CT molecular complexity index is 1080. The van der Waals surface area contributed by atoms with Gasteiger partial charge in [-0.25, -0.2) is 0 Å². The van der Waals surface area contributed by atoms with Crippen LogP contribution in [-0.2, 0) is 0 Å². The lowest BCUT2D eigenvalue weighted by atomic mass is 9.80. The van der Waals surface area contributed by atoms with Gasteiger partial charge in [0.25, 0.3) is 0 Å². The predicted molar refractivity (Wildman–Crippen MR) is 121 cm³/mol. The molecule has 2 aromatic carbocycles. The number of nitrogens with one attached hydrogen (secondary N) is 1. The number of aromatic nitrogens is 1. The van der Waals surface area contributed by atoms with Crippen LogP contribution in [-0.4, -0.2) is 35.1 Å². The number of benzene rings is 2. The van der Waals surface area contributed by atoms with Crippen LogP contribution in [0.4, 0.5) is 5.69 Å². The molecular formula is C26H29N3O. The van der Waals surface area contributed by atoms with Gasteiger partial charge in [0.15, 0.2) is 0 Å². The Kier molecular flexibility index (Phi) is 4.07. The fraction of sp³-hybridized carbons (Fsp3) is 0.423. The summed E-state index contributed by atoms with van der Waals surface area (Å²) in [6.07, 6.45) is 5.95. The van der Waals surface area contributed by atoms with Gasteiger partial charge in [-0.15, -0.1) is 0 Å². The summed E-state index contributed by atoms with van der Waals surface area (Å²) in [4.78, 5) is 7.46. The van der Waals surface area contributed by atoms with Gasteiger partial charge in [0.2, 0.25) is 0 Å². The second-order valence-electron chi connectivity index (χ2n) is 9.14. The summed E-state index contributed by atoms with van der Waals surface area (Å²) in [6.45, 7) is 3.61. The first-order chi connectivity index (χ1) is 14.8. The van der Waals surface area contributed by atoms with Crippen LogP contribution in [0, 0.1) is 11.8 Å². The van der Waals surface area contributed by atoms with Crippen LogP contribution in [0.1, 0.15) is 37.8 Å². The topological polar surface area (TPSA) is 37.4 Å². The van der Waals surface area contributed by atoms with Crippen molar-refractivity contribution in [3.05, 3.63) is 66.4 Å². The number of piperidine rings is 1. The Morgan fingerprint density at radius 3 is 2.83 bits per heavy atom. The molecule has 3 aliphatic rings. The number of hydrogen-bond acceptors (Lipinski definition) is 4. The standard InChI is InChI=1S/C26H29N3O/c1-3-21-22-12-14-29-24(16-26(21,22)29)25(28-17-7-5-4-6-8-17)19-11-13-27-23-10-9-18(30-2)15-20(19)23/h4-11,13,15,21-22,24-25,28H,3,12,14,16H2,1-2H3/t21?,22?,24?,25-,26?/m0/s1. The van der Waals surface area contributed by atoms with Crippen molar-refractivity contribution in [1.82, 2.24) is 9.88 Å². The normalized spacial score (nSPS) is 30.3. The molecule has 4 nitrogen and oxygen atoms in total. The smallest absolute Gasteiger partial charge is 0.119 e. The van der Waals surface area contributed by atoms with Crippen LogP contribution in [0.25, 0.3) is 10.9 Å². The minimum Gasteiger partial charge on any atom is -0.497 e. The van der Waals surface area contributed by atoms with E-state index in [1.165, 1.54) is 42.4 Å². The molecule has 4 unspecified atom stereocenters. The van der Waals surface area contributed by atoms with Crippen LogP contribution in [0.3, 0.4) is 0 Å². The average Bonchev–Trinajstić information content (AvgIpc) is 3.36. The maximum absolute atomic E-state index is 5.54. The molecule has 0 amide bonds. The van der Waals surface area contributed by atoms with Gasteiger partial charge in [-0.1, -0.05) is 31.5 Å². The number of methoxy groups -OCH3 is 1. The average molecular weight is 400 g/mol. The monoisotopic (exact) mass is 399 g/mol. The van der Waals surface area contributed by atoms with E-state index in [-0.39, 0.29) is 6.04 Å². The fourth-order valence-electron chi connectivity index (χ4n) is 6.75. The molecular weight excluding hydrogens is 370 g/mol. The zero-order chi connectivity index (χ0) is 20.3. The zero-order valence-corrected chi connectivity index (χ0v) is 17.7. The summed E-state index contributed by atoms with van der Waals surface area (Å²) in [5, 5.41) is 5.08. The summed E-state index contributed by atoms with van der Waals surface area (Å²) in [6, 6.07) is 19.8. The number of para-hydroxylation sites is 1. The number of pyridine rings is 1. The fourth-order valence-corrected chi connectivity index (χ4v) is 6.75. The molecule has 3 aromatic rings. The van der Waals surface area contributed by atoms with Crippen molar-refractivity contribution in [3.8, 4) is 5.75 Å². The molecule has 154 valence electrons. The first-order valence-electron chi connectivity index (χ1n) is 11.3. The van der Waals surface area contributed by atoms with Crippen molar-refractivity contribution in [1.29, 1.82) is 0 Å². The molecule has 0 bridgehead atoms. The van der Waals surface area contributed by atoms with Gasteiger partial charge in [0.05, 0.1) is 18.7 Å². The molecule has 1 spiro atoms. The van der Waals surface area contributed by atoms with Crippen molar-refractivity contribution < 1.29 is 4.74 Å². The van der Waals surface area contributed by atoms with Gasteiger partial charge in [-0.2, -0.15) is 0 Å². The minimum atomic E-state index is 0.229. The number of rotatable bonds is 6. The van der Waals surface area contributed by atoms with Gasteiger partial charge >= 0.3 is 0 Å². The largest absolute Gasteiger partial charge is 0.497 e. The summed E-state index contributed by atoms with van der Waals surface area (Å²) in [5.74, 6) is 2.73. The van der Waals surface area contributed by atoms with E-state index in [9.17, 15) is 0 Å². The highest BCUT2D eigenvalue weighted by molar-refractivity contribution is 5.84. The number of hydrogen-bond donors (Lipinski definition) is 1. The van der Waals surface area contributed by atoms with Gasteiger partial charge in [0.1, 0.15) is 5.75 Å². The molecule has 4 heteroatoms. The third-order valence-electron chi connectivity index (χ3n) is 8.05. The molecule has 1 aliphatic carbocycles. The highest BCUT2D eigenvalue weighted by atomic mass is 16.5. The lowest BCUT2D eigenvalue weighted by molar-refractivity contribution is -0.00722. The summed E-state index contributed by atoms with van der Waals surface area (Å²) in [7, 11) is 1.73. The van der Waals surface area contributed by atoms with E-state index < -0.39 is 0 Å². The second kappa shape index (κ2) is 6.71. The molecule has 0 radical (unpaired) electrons. The number of nitrogens with zero attached hydrogens (tertiary/aromatic N) is 2. The maximum atomic E-state index is 5.54. The van der Waals surface area contributed by atoms with E-state index in [4.69, 9.17) is 4.74 Å². The highest BCUT2D eigenvalue weighted by Gasteiger charge is 2.76. The molecule has 3 heterocycles. The van der Waals surface area contributed by atoms with Crippen LogP contribution in [0.15, 0.2) is 60.8 Å².